The molecule has 2 rings (SSSR count). The standard InChI is InChI=1S/C25H27N3O7/c1-3-34-25(33)20(12-13-21(29)30)28-23(31)15(2)14-16-4-6-18(7-5-16)24(32)35-19-10-8-17(9-11-19)22(26)27/h4-11,14,20H,3,12-13H2,1-2H3,(H3,26,27)(H,28,31)(H,29,30)/t20-/m1/s1. The van der Waals surface area contributed by atoms with E-state index in [1.165, 1.54) is 24.3 Å². The highest BCUT2D eigenvalue weighted by atomic mass is 16.5. The molecule has 5 N–H and O–H groups in total. The number of benzene rings is 2. The van der Waals surface area contributed by atoms with Gasteiger partial charge >= 0.3 is 17.9 Å². The molecule has 0 aliphatic rings. The lowest BCUT2D eigenvalue weighted by Crippen LogP contribution is -2.42. The molecule has 2 aromatic carbocycles. The number of carbonyl (C=O) groups is 4. The molecule has 10 nitrogen and oxygen atoms in total. The fraction of sp³-hybridized carbons (Fsp3) is 0.240. The summed E-state index contributed by atoms with van der Waals surface area (Å²) in [5, 5.41) is 18.7. The van der Waals surface area contributed by atoms with Crippen LogP contribution in [0.25, 0.3) is 6.08 Å². The summed E-state index contributed by atoms with van der Waals surface area (Å²) in [5.41, 5.74) is 7.10. The molecule has 184 valence electrons. The zero-order chi connectivity index (χ0) is 26.0. The number of amides is 1. The number of nitrogen functional groups attached to an aromatic ring is 1. The Bertz CT molecular complexity index is 1120. The van der Waals surface area contributed by atoms with Crippen LogP contribution in [-0.4, -0.2) is 47.4 Å². The van der Waals surface area contributed by atoms with Gasteiger partial charge in [0.25, 0.3) is 0 Å². The third-order valence-electron chi connectivity index (χ3n) is 4.79. The minimum absolute atomic E-state index is 0.0906. The van der Waals surface area contributed by atoms with Gasteiger partial charge in [-0.15, -0.1) is 0 Å². The fourth-order valence-corrected chi connectivity index (χ4v) is 2.93. The van der Waals surface area contributed by atoms with E-state index in [9.17, 15) is 19.2 Å². The van der Waals surface area contributed by atoms with Crippen molar-refractivity contribution in [1.29, 1.82) is 5.41 Å². The van der Waals surface area contributed by atoms with Gasteiger partial charge in [0, 0.05) is 17.6 Å². The van der Waals surface area contributed by atoms with Crippen LogP contribution < -0.4 is 15.8 Å². The fourth-order valence-electron chi connectivity index (χ4n) is 2.93. The summed E-state index contributed by atoms with van der Waals surface area (Å²) in [6.07, 6.45) is 1.16. The second kappa shape index (κ2) is 12.7. The minimum Gasteiger partial charge on any atom is -0.481 e. The Morgan fingerprint density at radius 3 is 2.20 bits per heavy atom. The molecule has 0 aliphatic heterocycles. The number of ether oxygens (including phenoxy) is 2. The Labute approximate surface area is 202 Å². The summed E-state index contributed by atoms with van der Waals surface area (Å²) in [7, 11) is 0. The van der Waals surface area contributed by atoms with Crippen molar-refractivity contribution in [3.8, 4) is 5.75 Å². The Balaban J connectivity index is 2.03. The lowest BCUT2D eigenvalue weighted by atomic mass is 10.1. The summed E-state index contributed by atoms with van der Waals surface area (Å²) in [4.78, 5) is 47.8. The van der Waals surface area contributed by atoms with Gasteiger partial charge in [0.15, 0.2) is 0 Å². The summed E-state index contributed by atoms with van der Waals surface area (Å²) >= 11 is 0. The quantitative estimate of drug-likeness (QED) is 0.125. The van der Waals surface area contributed by atoms with E-state index in [0.29, 0.717) is 16.9 Å². The Kier molecular flexibility index (Phi) is 9.71. The topological polar surface area (TPSA) is 169 Å². The lowest BCUT2D eigenvalue weighted by Gasteiger charge is -2.16. The number of esters is 2. The van der Waals surface area contributed by atoms with E-state index < -0.39 is 29.9 Å². The van der Waals surface area contributed by atoms with Crippen molar-refractivity contribution in [3.05, 3.63) is 70.8 Å². The van der Waals surface area contributed by atoms with Gasteiger partial charge in [0.05, 0.1) is 12.2 Å². The smallest absolute Gasteiger partial charge is 0.343 e. The summed E-state index contributed by atoms with van der Waals surface area (Å²) < 4.78 is 10.2. The van der Waals surface area contributed by atoms with Crippen LogP contribution >= 0.6 is 0 Å². The highest BCUT2D eigenvalue weighted by Crippen LogP contribution is 2.16. The van der Waals surface area contributed by atoms with Gasteiger partial charge in [-0.2, -0.15) is 0 Å². The second-order valence-electron chi connectivity index (χ2n) is 7.49. The van der Waals surface area contributed by atoms with Crippen LogP contribution in [0.2, 0.25) is 0 Å². The molecule has 10 heteroatoms. The number of aliphatic carboxylic acids is 1. The van der Waals surface area contributed by atoms with Crippen LogP contribution in [0.4, 0.5) is 0 Å². The van der Waals surface area contributed by atoms with Crippen LogP contribution in [0.3, 0.4) is 0 Å². The maximum atomic E-state index is 12.5. The lowest BCUT2D eigenvalue weighted by molar-refractivity contribution is -0.147. The van der Waals surface area contributed by atoms with Gasteiger partial charge in [-0.05, 0) is 68.3 Å². The maximum Gasteiger partial charge on any atom is 0.343 e. The largest absolute Gasteiger partial charge is 0.481 e. The molecule has 0 aliphatic carbocycles. The third kappa shape index (κ3) is 8.43. The van der Waals surface area contributed by atoms with Crippen molar-refractivity contribution in [3.63, 3.8) is 0 Å². The number of hydrogen-bond donors (Lipinski definition) is 4. The first-order chi connectivity index (χ1) is 16.6. The third-order valence-corrected chi connectivity index (χ3v) is 4.79. The second-order valence-corrected chi connectivity index (χ2v) is 7.49. The predicted molar refractivity (Wildman–Crippen MR) is 128 cm³/mol. The number of hydrogen-bond acceptors (Lipinski definition) is 7. The molecule has 0 aromatic heterocycles. The van der Waals surface area contributed by atoms with Crippen molar-refractivity contribution in [2.75, 3.05) is 6.61 Å². The normalized spacial score (nSPS) is 11.8. The predicted octanol–water partition coefficient (Wildman–Crippen LogP) is 2.51. The SMILES string of the molecule is CCOC(=O)[C@@H](CCC(=O)O)NC(=O)C(C)=Cc1ccc(C(=O)Oc2ccc(C(=N)N)cc2)cc1. The Morgan fingerprint density at radius 2 is 1.66 bits per heavy atom. The van der Waals surface area contributed by atoms with Crippen molar-refractivity contribution in [2.45, 2.75) is 32.7 Å². The number of carbonyl (C=O) groups excluding carboxylic acids is 3. The Hall–Kier alpha value is -4.47. The van der Waals surface area contributed by atoms with Gasteiger partial charge in [-0.25, -0.2) is 9.59 Å². The van der Waals surface area contributed by atoms with Crippen molar-refractivity contribution >= 4 is 35.7 Å². The van der Waals surface area contributed by atoms with Crippen molar-refractivity contribution in [1.82, 2.24) is 5.32 Å². The van der Waals surface area contributed by atoms with Crippen molar-refractivity contribution < 1.29 is 33.8 Å². The summed E-state index contributed by atoms with van der Waals surface area (Å²) in [6, 6.07) is 11.5. The molecule has 1 atom stereocenters. The molecule has 0 unspecified atom stereocenters. The van der Waals surface area contributed by atoms with Crippen LogP contribution in [0.15, 0.2) is 54.1 Å². The molecule has 0 radical (unpaired) electrons. The molecule has 0 fully saturated rings. The first kappa shape index (κ1) is 26.8. The van der Waals surface area contributed by atoms with Crippen LogP contribution in [0, 0.1) is 5.41 Å². The number of rotatable bonds is 11. The Morgan fingerprint density at radius 1 is 1.06 bits per heavy atom. The molecular weight excluding hydrogens is 454 g/mol. The average Bonchev–Trinajstić information content (AvgIpc) is 2.82. The molecule has 1 amide bonds. The van der Waals surface area contributed by atoms with Gasteiger partial charge in [-0.3, -0.25) is 15.0 Å². The van der Waals surface area contributed by atoms with Gasteiger partial charge in [0.1, 0.15) is 17.6 Å². The molecule has 0 saturated carbocycles. The molecule has 0 bridgehead atoms. The summed E-state index contributed by atoms with van der Waals surface area (Å²) in [6.45, 7) is 3.26. The number of amidine groups is 1. The molecular formula is C25H27N3O7. The first-order valence-corrected chi connectivity index (χ1v) is 10.7. The first-order valence-electron chi connectivity index (χ1n) is 10.7. The maximum absolute atomic E-state index is 12.5. The van der Waals surface area contributed by atoms with E-state index in [2.05, 4.69) is 5.32 Å². The van der Waals surface area contributed by atoms with Crippen molar-refractivity contribution in [2.24, 2.45) is 5.73 Å². The van der Waals surface area contributed by atoms with E-state index >= 15 is 0 Å². The molecule has 2 aromatic rings. The minimum atomic E-state index is -1.09. The zero-order valence-corrected chi connectivity index (χ0v) is 19.4. The number of nitrogens with two attached hydrogens (primary N) is 1. The molecule has 0 heterocycles. The summed E-state index contributed by atoms with van der Waals surface area (Å²) in [5.74, 6) is -2.71. The van der Waals surface area contributed by atoms with E-state index in [4.69, 9.17) is 25.7 Å². The number of carboxylic acids is 1. The van der Waals surface area contributed by atoms with E-state index in [1.807, 2.05) is 0 Å². The van der Waals surface area contributed by atoms with Crippen LogP contribution in [0.1, 0.15) is 48.2 Å². The van der Waals surface area contributed by atoms with Gasteiger partial charge in [-0.1, -0.05) is 12.1 Å². The molecule has 0 spiro atoms. The van der Waals surface area contributed by atoms with E-state index in [0.717, 1.165) is 0 Å². The van der Waals surface area contributed by atoms with Crippen LogP contribution in [-0.2, 0) is 19.1 Å². The average molecular weight is 482 g/mol. The highest BCUT2D eigenvalue weighted by molar-refractivity contribution is 5.99. The zero-order valence-electron chi connectivity index (χ0n) is 19.4. The van der Waals surface area contributed by atoms with E-state index in [-0.39, 0.29) is 36.4 Å². The van der Waals surface area contributed by atoms with Gasteiger partial charge < -0.3 is 25.6 Å². The monoisotopic (exact) mass is 481 g/mol. The highest BCUT2D eigenvalue weighted by Gasteiger charge is 2.23. The van der Waals surface area contributed by atoms with Gasteiger partial charge in [0.2, 0.25) is 5.91 Å². The van der Waals surface area contributed by atoms with Crippen LogP contribution in [0.5, 0.6) is 5.75 Å². The number of nitrogens with one attached hydrogen (secondary N) is 2. The molecule has 35 heavy (non-hydrogen) atoms. The van der Waals surface area contributed by atoms with E-state index in [1.54, 1.807) is 44.2 Å². The molecule has 0 saturated heterocycles. The number of carboxylic acid groups (broad SMARTS) is 1.